The molecule has 1 aromatic carbocycles. The van der Waals surface area contributed by atoms with Crippen molar-refractivity contribution in [1.82, 2.24) is 24.8 Å². The quantitative estimate of drug-likeness (QED) is 0.643. The molecule has 29 heavy (non-hydrogen) atoms. The number of nitrogens with zero attached hydrogens (tertiary/aromatic N) is 5. The number of hydrogen-bond acceptors (Lipinski definition) is 5. The van der Waals surface area contributed by atoms with E-state index in [1.807, 2.05) is 29.5 Å². The molecule has 7 nitrogen and oxygen atoms in total. The number of aromatic nitrogens is 4. The van der Waals surface area contributed by atoms with Gasteiger partial charge in [-0.05, 0) is 32.3 Å². The van der Waals surface area contributed by atoms with Gasteiger partial charge in [-0.25, -0.2) is 9.67 Å². The zero-order valence-corrected chi connectivity index (χ0v) is 17.1. The van der Waals surface area contributed by atoms with Gasteiger partial charge in [0.05, 0.1) is 12.2 Å². The molecule has 0 saturated carbocycles. The summed E-state index contributed by atoms with van der Waals surface area (Å²) >= 11 is 0. The molecule has 2 aromatic heterocycles. The summed E-state index contributed by atoms with van der Waals surface area (Å²) in [7, 11) is 0. The molecule has 0 unspecified atom stereocenters. The van der Waals surface area contributed by atoms with Crippen LogP contribution in [0.25, 0.3) is 0 Å². The Labute approximate surface area is 170 Å². The van der Waals surface area contributed by atoms with Gasteiger partial charge in [0.25, 0.3) is 0 Å². The molecule has 0 fully saturated rings. The SMILES string of the molecule is Cc1noc(C)c1CCC(=O)N1CCc2nc(CCc3ccccc3)nn2CC1. The third kappa shape index (κ3) is 4.55. The van der Waals surface area contributed by atoms with E-state index in [2.05, 4.69) is 34.5 Å². The number of carbonyl (C=O) groups excluding carboxylic acids is 1. The van der Waals surface area contributed by atoms with Crippen LogP contribution in [0, 0.1) is 13.8 Å². The molecule has 0 radical (unpaired) electrons. The van der Waals surface area contributed by atoms with Gasteiger partial charge < -0.3 is 9.42 Å². The predicted octanol–water partition coefficient (Wildman–Crippen LogP) is 2.69. The largest absolute Gasteiger partial charge is 0.361 e. The van der Waals surface area contributed by atoms with E-state index >= 15 is 0 Å². The third-order valence-electron chi connectivity index (χ3n) is 5.58. The molecule has 152 valence electrons. The molecular formula is C22H27N5O2. The molecule has 3 heterocycles. The minimum atomic E-state index is 0.167. The fourth-order valence-corrected chi connectivity index (χ4v) is 3.86. The second-order valence-electron chi connectivity index (χ2n) is 7.59. The van der Waals surface area contributed by atoms with Gasteiger partial charge in [-0.2, -0.15) is 5.10 Å². The Kier molecular flexibility index (Phi) is 5.74. The number of rotatable bonds is 6. The van der Waals surface area contributed by atoms with Gasteiger partial charge in [-0.15, -0.1) is 0 Å². The minimum Gasteiger partial charge on any atom is -0.361 e. The van der Waals surface area contributed by atoms with Gasteiger partial charge in [-0.3, -0.25) is 4.79 Å². The average Bonchev–Trinajstić information content (AvgIpc) is 3.21. The topological polar surface area (TPSA) is 77.1 Å². The molecule has 3 aromatic rings. The molecule has 0 saturated heterocycles. The Hall–Kier alpha value is -2.96. The van der Waals surface area contributed by atoms with Crippen molar-refractivity contribution >= 4 is 5.91 Å². The van der Waals surface area contributed by atoms with Crippen molar-refractivity contribution in [2.45, 2.75) is 52.5 Å². The van der Waals surface area contributed by atoms with E-state index in [1.54, 1.807) is 0 Å². The van der Waals surface area contributed by atoms with E-state index in [4.69, 9.17) is 9.51 Å². The van der Waals surface area contributed by atoms with Crippen LogP contribution >= 0.6 is 0 Å². The van der Waals surface area contributed by atoms with E-state index in [9.17, 15) is 4.79 Å². The number of amides is 1. The highest BCUT2D eigenvalue weighted by molar-refractivity contribution is 5.76. The zero-order chi connectivity index (χ0) is 20.2. The third-order valence-corrected chi connectivity index (χ3v) is 5.58. The van der Waals surface area contributed by atoms with Gasteiger partial charge in [0.1, 0.15) is 11.6 Å². The first-order chi connectivity index (χ1) is 14.1. The Balaban J connectivity index is 1.30. The first-order valence-corrected chi connectivity index (χ1v) is 10.3. The second kappa shape index (κ2) is 8.59. The highest BCUT2D eigenvalue weighted by Gasteiger charge is 2.21. The molecule has 0 N–H and O–H groups in total. The maximum atomic E-state index is 12.7. The normalized spacial score (nSPS) is 13.9. The summed E-state index contributed by atoms with van der Waals surface area (Å²) in [5.41, 5.74) is 3.22. The maximum absolute atomic E-state index is 12.7. The highest BCUT2D eigenvalue weighted by atomic mass is 16.5. The summed E-state index contributed by atoms with van der Waals surface area (Å²) in [4.78, 5) is 19.3. The number of benzene rings is 1. The summed E-state index contributed by atoms with van der Waals surface area (Å²) < 4.78 is 7.16. The van der Waals surface area contributed by atoms with Gasteiger partial charge in [-0.1, -0.05) is 35.5 Å². The van der Waals surface area contributed by atoms with Crippen molar-refractivity contribution in [3.63, 3.8) is 0 Å². The van der Waals surface area contributed by atoms with E-state index < -0.39 is 0 Å². The first kappa shape index (κ1) is 19.4. The van der Waals surface area contributed by atoms with Gasteiger partial charge >= 0.3 is 0 Å². The summed E-state index contributed by atoms with van der Waals surface area (Å²) in [6.45, 7) is 5.88. The second-order valence-corrected chi connectivity index (χ2v) is 7.59. The van der Waals surface area contributed by atoms with Crippen molar-refractivity contribution in [1.29, 1.82) is 0 Å². The standard InChI is InChI=1S/C22H27N5O2/c1-16-19(17(2)29-25-16)9-11-22(28)26-13-12-21-23-20(24-27(21)15-14-26)10-8-18-6-4-3-5-7-18/h3-7H,8-15H2,1-2H3. The van der Waals surface area contributed by atoms with Crippen LogP contribution in [0.1, 0.15) is 40.7 Å². The molecule has 1 aliphatic heterocycles. The lowest BCUT2D eigenvalue weighted by molar-refractivity contribution is -0.131. The molecule has 0 aliphatic carbocycles. The lowest BCUT2D eigenvalue weighted by atomic mass is 10.1. The van der Waals surface area contributed by atoms with Crippen LogP contribution < -0.4 is 0 Å². The van der Waals surface area contributed by atoms with Gasteiger partial charge in [0, 0.05) is 37.9 Å². The summed E-state index contributed by atoms with van der Waals surface area (Å²) in [6.07, 6.45) is 3.67. The van der Waals surface area contributed by atoms with Crippen LogP contribution in [0.4, 0.5) is 0 Å². The number of fused-ring (bicyclic) bond motifs is 1. The Morgan fingerprint density at radius 2 is 1.90 bits per heavy atom. The summed E-state index contributed by atoms with van der Waals surface area (Å²) in [5, 5.41) is 8.64. The number of hydrogen-bond donors (Lipinski definition) is 0. The molecular weight excluding hydrogens is 366 g/mol. The Morgan fingerprint density at radius 1 is 1.07 bits per heavy atom. The van der Waals surface area contributed by atoms with Crippen LogP contribution in [0.15, 0.2) is 34.9 Å². The van der Waals surface area contributed by atoms with Crippen LogP contribution in [-0.4, -0.2) is 43.8 Å². The predicted molar refractivity (Wildman–Crippen MR) is 108 cm³/mol. The number of aryl methyl sites for hydroxylation is 4. The van der Waals surface area contributed by atoms with E-state index in [1.165, 1.54) is 5.56 Å². The fourth-order valence-electron chi connectivity index (χ4n) is 3.86. The molecule has 0 bridgehead atoms. The zero-order valence-electron chi connectivity index (χ0n) is 17.1. The monoisotopic (exact) mass is 393 g/mol. The van der Waals surface area contributed by atoms with Gasteiger partial charge in [0.15, 0.2) is 5.82 Å². The summed E-state index contributed by atoms with van der Waals surface area (Å²) in [6, 6.07) is 10.4. The lowest BCUT2D eigenvalue weighted by Crippen LogP contribution is -2.34. The van der Waals surface area contributed by atoms with Crippen LogP contribution in [0.3, 0.4) is 0 Å². The van der Waals surface area contributed by atoms with Crippen LogP contribution in [-0.2, 0) is 37.0 Å². The van der Waals surface area contributed by atoms with Crippen molar-refractivity contribution in [2.75, 3.05) is 13.1 Å². The lowest BCUT2D eigenvalue weighted by Gasteiger charge is -2.19. The van der Waals surface area contributed by atoms with Gasteiger partial charge in [0.2, 0.25) is 5.91 Å². The molecule has 7 heteroatoms. The van der Waals surface area contributed by atoms with Crippen LogP contribution in [0.2, 0.25) is 0 Å². The minimum absolute atomic E-state index is 0.167. The molecule has 0 spiro atoms. The summed E-state index contributed by atoms with van der Waals surface area (Å²) in [5.74, 6) is 2.84. The Bertz CT molecular complexity index is 932. The van der Waals surface area contributed by atoms with E-state index in [0.29, 0.717) is 32.5 Å². The molecule has 1 amide bonds. The van der Waals surface area contributed by atoms with Crippen molar-refractivity contribution in [2.24, 2.45) is 0 Å². The molecule has 1 aliphatic rings. The van der Waals surface area contributed by atoms with E-state index in [0.717, 1.165) is 47.9 Å². The Morgan fingerprint density at radius 3 is 2.66 bits per heavy atom. The van der Waals surface area contributed by atoms with E-state index in [-0.39, 0.29) is 5.91 Å². The highest BCUT2D eigenvalue weighted by Crippen LogP contribution is 2.16. The molecule has 0 atom stereocenters. The van der Waals surface area contributed by atoms with Crippen LogP contribution in [0.5, 0.6) is 0 Å². The molecule has 4 rings (SSSR count). The number of carbonyl (C=O) groups is 1. The average molecular weight is 393 g/mol. The fraction of sp³-hybridized carbons (Fsp3) is 0.455. The smallest absolute Gasteiger partial charge is 0.222 e. The van der Waals surface area contributed by atoms with Crippen molar-refractivity contribution in [3.8, 4) is 0 Å². The van der Waals surface area contributed by atoms with Crippen molar-refractivity contribution in [3.05, 3.63) is 64.6 Å². The maximum Gasteiger partial charge on any atom is 0.222 e. The van der Waals surface area contributed by atoms with Crippen molar-refractivity contribution < 1.29 is 9.32 Å². The first-order valence-electron chi connectivity index (χ1n) is 10.3.